The largest absolute Gasteiger partial charge is 0.493 e. The first-order valence-corrected chi connectivity index (χ1v) is 17.3. The average Bonchev–Trinajstić information content (AvgIpc) is 3.49. The van der Waals surface area contributed by atoms with Gasteiger partial charge in [-0.2, -0.15) is 13.2 Å². The molecule has 6 rings (SSSR count). The number of piperazine rings is 1. The highest BCUT2D eigenvalue weighted by molar-refractivity contribution is 6.30. The van der Waals surface area contributed by atoms with Gasteiger partial charge in [0.1, 0.15) is 17.6 Å². The summed E-state index contributed by atoms with van der Waals surface area (Å²) in [5, 5.41) is 4.60. The Morgan fingerprint density at radius 3 is 2.21 bits per heavy atom. The molecule has 3 aromatic rings. The molecule has 0 spiro atoms. The molecule has 3 aromatic carbocycles. The van der Waals surface area contributed by atoms with Crippen LogP contribution >= 0.6 is 23.2 Å². The maximum Gasteiger partial charge on any atom is 0.416 e. The van der Waals surface area contributed by atoms with Crippen molar-refractivity contribution in [2.24, 2.45) is 10.9 Å². The minimum absolute atomic E-state index is 0.00947. The Balaban J connectivity index is 1.40. The van der Waals surface area contributed by atoms with Crippen LogP contribution in [0.2, 0.25) is 10.0 Å². The molecule has 256 valence electrons. The van der Waals surface area contributed by atoms with Crippen LogP contribution in [0.1, 0.15) is 61.0 Å². The van der Waals surface area contributed by atoms with Crippen molar-refractivity contribution in [2.45, 2.75) is 51.0 Å². The fourth-order valence-corrected chi connectivity index (χ4v) is 7.33. The number of carbonyl (C=O) groups excluding carboxylic acids is 1. The van der Waals surface area contributed by atoms with E-state index in [9.17, 15) is 18.0 Å². The van der Waals surface area contributed by atoms with E-state index in [-0.39, 0.29) is 24.2 Å². The summed E-state index contributed by atoms with van der Waals surface area (Å²) >= 11 is 12.5. The first-order chi connectivity index (χ1) is 23.0. The number of nitrogens with zero attached hydrogens (tertiary/aromatic N) is 4. The van der Waals surface area contributed by atoms with E-state index < -0.39 is 23.8 Å². The number of rotatable bonds is 7. The summed E-state index contributed by atoms with van der Waals surface area (Å²) in [5.74, 6) is 0.820. The fraction of sp³-hybridized carbons (Fsp3) is 0.444. The van der Waals surface area contributed by atoms with Gasteiger partial charge >= 0.3 is 12.2 Å². The lowest BCUT2D eigenvalue weighted by Gasteiger charge is -2.43. The Morgan fingerprint density at radius 1 is 0.979 bits per heavy atom. The molecular formula is C36H40Cl2F3N5O2. The van der Waals surface area contributed by atoms with Gasteiger partial charge in [0.15, 0.2) is 0 Å². The Bertz CT molecular complexity index is 1610. The van der Waals surface area contributed by atoms with E-state index in [1.807, 2.05) is 29.2 Å². The molecular weight excluding hydrogens is 662 g/mol. The normalized spacial score (nSPS) is 22.8. The number of benzene rings is 3. The quantitative estimate of drug-likeness (QED) is 0.271. The zero-order valence-corrected chi connectivity index (χ0v) is 28.5. The van der Waals surface area contributed by atoms with Crippen molar-refractivity contribution in [1.82, 2.24) is 20.0 Å². The van der Waals surface area contributed by atoms with Crippen molar-refractivity contribution in [2.75, 3.05) is 45.9 Å². The molecule has 2 saturated heterocycles. The molecule has 1 N–H and O–H groups in total. The topological polar surface area (TPSA) is 60.4 Å². The van der Waals surface area contributed by atoms with Gasteiger partial charge in [-0.05, 0) is 99.3 Å². The number of ether oxygens (including phenoxy) is 1. The van der Waals surface area contributed by atoms with Gasteiger partial charge in [0.25, 0.3) is 0 Å². The number of amides is 2. The Kier molecular flexibility index (Phi) is 10.6. The van der Waals surface area contributed by atoms with Gasteiger partial charge in [0.05, 0.1) is 23.8 Å². The number of hydrogen-bond acceptors (Lipinski definition) is 5. The second-order valence-electron chi connectivity index (χ2n) is 12.6. The summed E-state index contributed by atoms with van der Waals surface area (Å²) in [6, 6.07) is 16.8. The molecule has 0 aromatic heterocycles. The van der Waals surface area contributed by atoms with Crippen LogP contribution in [0.5, 0.6) is 5.75 Å². The zero-order chi connectivity index (χ0) is 34.0. The summed E-state index contributed by atoms with van der Waals surface area (Å²) in [7, 11) is 0. The van der Waals surface area contributed by atoms with Crippen molar-refractivity contribution in [3.8, 4) is 5.75 Å². The lowest BCUT2D eigenvalue weighted by molar-refractivity contribution is -0.137. The molecule has 3 heterocycles. The van der Waals surface area contributed by atoms with Crippen molar-refractivity contribution in [3.63, 3.8) is 0 Å². The van der Waals surface area contributed by atoms with E-state index in [1.54, 1.807) is 36.1 Å². The van der Waals surface area contributed by atoms with Gasteiger partial charge < -0.3 is 15.0 Å². The zero-order valence-electron chi connectivity index (χ0n) is 27.0. The van der Waals surface area contributed by atoms with Crippen molar-refractivity contribution >= 4 is 35.1 Å². The van der Waals surface area contributed by atoms with Crippen LogP contribution in [0, 0.1) is 5.92 Å². The van der Waals surface area contributed by atoms with Gasteiger partial charge in [-0.1, -0.05) is 47.5 Å². The number of hydrogen-bond donors (Lipinski definition) is 1. The Morgan fingerprint density at radius 2 is 1.62 bits per heavy atom. The SMILES string of the molecule is CCOc1cc(C(F)(F)F)ccc1C1=NC(c2ccc(Cl)cc2)C(c2ccc(Cl)cc2)N1C(=O)N1CCN(C(C)C2CCCNC2)CC1. The van der Waals surface area contributed by atoms with Crippen LogP contribution in [0.4, 0.5) is 18.0 Å². The lowest BCUT2D eigenvalue weighted by atomic mass is 9.91. The summed E-state index contributed by atoms with van der Waals surface area (Å²) < 4.78 is 47.2. The monoisotopic (exact) mass is 701 g/mol. The number of nitrogens with one attached hydrogen (secondary N) is 1. The predicted molar refractivity (Wildman–Crippen MR) is 183 cm³/mol. The highest BCUT2D eigenvalue weighted by Crippen LogP contribution is 2.46. The standard InChI is InChI=1S/C36H40Cl2F3N5O2/c1-3-48-31-21-27(36(39,40)41)10-15-30(31)34-43-32(24-6-11-28(37)12-7-24)33(25-8-13-29(38)14-9-25)46(34)35(47)45-19-17-44(18-20-45)23(2)26-5-4-16-42-22-26/h6-15,21,23,26,32-33,42H,3-5,16-20,22H2,1-2H3. The number of piperidine rings is 1. The molecule has 0 aliphatic carbocycles. The molecule has 2 amide bonds. The van der Waals surface area contributed by atoms with E-state index in [0.29, 0.717) is 40.7 Å². The number of urea groups is 1. The van der Waals surface area contributed by atoms with Gasteiger partial charge in [-0.3, -0.25) is 14.8 Å². The molecule has 48 heavy (non-hydrogen) atoms. The highest BCUT2D eigenvalue weighted by Gasteiger charge is 2.45. The molecule has 12 heteroatoms. The number of alkyl halides is 3. The smallest absolute Gasteiger partial charge is 0.416 e. The Labute approximate surface area is 289 Å². The number of aliphatic imine (C=N–C) groups is 1. The van der Waals surface area contributed by atoms with E-state index >= 15 is 0 Å². The Hall–Kier alpha value is -3.31. The van der Waals surface area contributed by atoms with Crippen molar-refractivity contribution in [3.05, 3.63) is 99.0 Å². The number of carbonyl (C=O) groups is 1. The highest BCUT2D eigenvalue weighted by atomic mass is 35.5. The molecule has 3 aliphatic rings. The molecule has 0 radical (unpaired) electrons. The minimum Gasteiger partial charge on any atom is -0.493 e. The van der Waals surface area contributed by atoms with Crippen LogP contribution in [-0.2, 0) is 6.18 Å². The van der Waals surface area contributed by atoms with E-state index in [2.05, 4.69) is 17.1 Å². The van der Waals surface area contributed by atoms with Gasteiger partial charge in [-0.25, -0.2) is 4.79 Å². The lowest BCUT2D eigenvalue weighted by Crippen LogP contribution is -2.57. The van der Waals surface area contributed by atoms with Crippen LogP contribution < -0.4 is 10.1 Å². The summed E-state index contributed by atoms with van der Waals surface area (Å²) in [5.41, 5.74) is 1.06. The van der Waals surface area contributed by atoms with Crippen molar-refractivity contribution < 1.29 is 22.7 Å². The fourth-order valence-electron chi connectivity index (χ4n) is 7.07. The van der Waals surface area contributed by atoms with Gasteiger partial charge in [0.2, 0.25) is 0 Å². The summed E-state index contributed by atoms with van der Waals surface area (Å²) in [6.07, 6.45) is -2.22. The summed E-state index contributed by atoms with van der Waals surface area (Å²) in [4.78, 5) is 25.8. The first-order valence-electron chi connectivity index (χ1n) is 16.5. The van der Waals surface area contributed by atoms with Gasteiger partial charge in [-0.15, -0.1) is 0 Å². The van der Waals surface area contributed by atoms with Crippen LogP contribution in [0.15, 0.2) is 71.7 Å². The second kappa shape index (κ2) is 14.7. The van der Waals surface area contributed by atoms with E-state index in [4.69, 9.17) is 32.9 Å². The molecule has 7 nitrogen and oxygen atoms in total. The average molecular weight is 703 g/mol. The van der Waals surface area contributed by atoms with Crippen LogP contribution in [-0.4, -0.2) is 78.5 Å². The molecule has 4 unspecified atom stereocenters. The number of amidine groups is 1. The number of halogens is 5. The second-order valence-corrected chi connectivity index (χ2v) is 13.5. The molecule has 2 fully saturated rings. The third-order valence-electron chi connectivity index (χ3n) is 9.72. The molecule has 3 aliphatic heterocycles. The third kappa shape index (κ3) is 7.32. The molecule has 4 atom stereocenters. The molecule has 0 saturated carbocycles. The van der Waals surface area contributed by atoms with Crippen molar-refractivity contribution in [1.29, 1.82) is 0 Å². The van der Waals surface area contributed by atoms with E-state index in [0.717, 1.165) is 49.4 Å². The van der Waals surface area contributed by atoms with Gasteiger partial charge in [0, 0.05) is 42.3 Å². The van der Waals surface area contributed by atoms with Crippen LogP contribution in [0.25, 0.3) is 0 Å². The third-order valence-corrected chi connectivity index (χ3v) is 10.2. The van der Waals surface area contributed by atoms with E-state index in [1.165, 1.54) is 18.9 Å². The van der Waals surface area contributed by atoms with Crippen LogP contribution in [0.3, 0.4) is 0 Å². The maximum absolute atomic E-state index is 14.8. The predicted octanol–water partition coefficient (Wildman–Crippen LogP) is 8.08. The minimum atomic E-state index is -4.57. The first kappa shape index (κ1) is 34.5. The molecule has 0 bridgehead atoms. The summed E-state index contributed by atoms with van der Waals surface area (Å²) in [6.45, 7) is 8.63. The maximum atomic E-state index is 14.8.